The van der Waals surface area contributed by atoms with Gasteiger partial charge in [-0.15, -0.1) is 11.3 Å². The second kappa shape index (κ2) is 8.41. The molecule has 1 amide bonds. The third-order valence-corrected chi connectivity index (χ3v) is 7.04. The van der Waals surface area contributed by atoms with Crippen LogP contribution < -0.4 is 15.6 Å². The molecule has 0 spiro atoms. The summed E-state index contributed by atoms with van der Waals surface area (Å²) >= 11 is 3.10. The van der Waals surface area contributed by atoms with Crippen molar-refractivity contribution >= 4 is 45.0 Å². The maximum atomic E-state index is 12.6. The Bertz CT molecular complexity index is 1080. The summed E-state index contributed by atoms with van der Waals surface area (Å²) in [6.45, 7) is 4.85. The van der Waals surface area contributed by atoms with Crippen molar-refractivity contribution in [2.45, 2.75) is 44.1 Å². The van der Waals surface area contributed by atoms with Crippen LogP contribution in [0.25, 0.3) is 10.2 Å². The van der Waals surface area contributed by atoms with Crippen molar-refractivity contribution in [2.75, 3.05) is 18.8 Å². The van der Waals surface area contributed by atoms with Gasteiger partial charge in [0, 0.05) is 16.9 Å². The molecule has 4 rings (SSSR count). The quantitative estimate of drug-likeness (QED) is 0.331. The van der Waals surface area contributed by atoms with Crippen LogP contribution in [0.4, 0.5) is 5.82 Å². The molecule has 1 aliphatic heterocycles. The molecule has 0 aliphatic carbocycles. The zero-order chi connectivity index (χ0) is 21.3. The van der Waals surface area contributed by atoms with Crippen molar-refractivity contribution in [3.63, 3.8) is 0 Å². The van der Waals surface area contributed by atoms with E-state index in [1.807, 2.05) is 6.26 Å². The highest BCUT2D eigenvalue weighted by Gasteiger charge is 2.33. The zero-order valence-electron chi connectivity index (χ0n) is 17.4. The number of ether oxygens (including phenoxy) is 2. The summed E-state index contributed by atoms with van der Waals surface area (Å²) < 4.78 is 11.2. The number of methoxy groups -OCH3 is 1. The van der Waals surface area contributed by atoms with Crippen molar-refractivity contribution < 1.29 is 14.3 Å². The number of nitrogens with one attached hydrogen (secondary N) is 2. The van der Waals surface area contributed by atoms with E-state index in [0.29, 0.717) is 28.9 Å². The molecule has 158 valence electrons. The van der Waals surface area contributed by atoms with Gasteiger partial charge in [-0.05, 0) is 49.4 Å². The fourth-order valence-corrected chi connectivity index (χ4v) is 4.92. The van der Waals surface area contributed by atoms with Crippen LogP contribution >= 0.6 is 23.1 Å². The molecule has 7 nitrogen and oxygen atoms in total. The molecule has 3 aromatic rings. The van der Waals surface area contributed by atoms with E-state index < -0.39 is 0 Å². The Labute approximate surface area is 183 Å². The highest BCUT2D eigenvalue weighted by Crippen LogP contribution is 2.42. The van der Waals surface area contributed by atoms with Crippen molar-refractivity contribution in [1.29, 1.82) is 0 Å². The SMILES string of the molecule is CC[C@]1(C)Cc2c(sc3nc(SC)nc(NNC(=O)c4ccc(OC)cc4)c23)CO1. The third kappa shape index (κ3) is 3.97. The molecule has 1 aliphatic rings. The lowest BCUT2D eigenvalue weighted by Gasteiger charge is -2.33. The van der Waals surface area contributed by atoms with Crippen molar-refractivity contribution in [2.24, 2.45) is 0 Å². The first kappa shape index (κ1) is 20.9. The summed E-state index contributed by atoms with van der Waals surface area (Å²) in [4.78, 5) is 24.0. The first-order valence-corrected chi connectivity index (χ1v) is 11.7. The number of rotatable bonds is 6. The van der Waals surface area contributed by atoms with E-state index >= 15 is 0 Å². The van der Waals surface area contributed by atoms with Crippen molar-refractivity contribution in [3.05, 3.63) is 40.3 Å². The summed E-state index contributed by atoms with van der Waals surface area (Å²) in [6, 6.07) is 6.94. The van der Waals surface area contributed by atoms with Gasteiger partial charge in [0.1, 0.15) is 10.6 Å². The predicted molar refractivity (Wildman–Crippen MR) is 120 cm³/mol. The lowest BCUT2D eigenvalue weighted by Crippen LogP contribution is -2.34. The molecule has 0 unspecified atom stereocenters. The number of aromatic nitrogens is 2. The maximum Gasteiger partial charge on any atom is 0.269 e. The Kier molecular flexibility index (Phi) is 5.86. The number of carbonyl (C=O) groups is 1. The monoisotopic (exact) mass is 444 g/mol. The number of hydrogen-bond acceptors (Lipinski definition) is 8. The Morgan fingerprint density at radius 2 is 2.10 bits per heavy atom. The minimum absolute atomic E-state index is 0.206. The van der Waals surface area contributed by atoms with Gasteiger partial charge in [-0.2, -0.15) is 0 Å². The summed E-state index contributed by atoms with van der Waals surface area (Å²) in [5.74, 6) is 1.07. The second-order valence-corrected chi connectivity index (χ2v) is 9.18. The number of thioether (sulfide) groups is 1. The average Bonchev–Trinajstić information content (AvgIpc) is 3.14. The van der Waals surface area contributed by atoms with Gasteiger partial charge in [0.2, 0.25) is 0 Å². The van der Waals surface area contributed by atoms with Gasteiger partial charge in [-0.3, -0.25) is 15.6 Å². The minimum Gasteiger partial charge on any atom is -0.497 e. The lowest BCUT2D eigenvalue weighted by atomic mass is 9.90. The molecule has 9 heteroatoms. The van der Waals surface area contributed by atoms with E-state index in [4.69, 9.17) is 9.47 Å². The number of nitrogens with zero attached hydrogens (tertiary/aromatic N) is 2. The van der Waals surface area contributed by atoms with E-state index in [1.165, 1.54) is 22.2 Å². The van der Waals surface area contributed by atoms with Crippen LogP contribution in [0.1, 0.15) is 41.1 Å². The summed E-state index contributed by atoms with van der Waals surface area (Å²) in [7, 11) is 1.59. The molecule has 0 radical (unpaired) electrons. The largest absolute Gasteiger partial charge is 0.497 e. The van der Waals surface area contributed by atoms with Crippen LogP contribution in [-0.4, -0.2) is 34.8 Å². The molecule has 30 heavy (non-hydrogen) atoms. The van der Waals surface area contributed by atoms with Crippen LogP contribution in [0.3, 0.4) is 0 Å². The molecule has 0 fully saturated rings. The lowest BCUT2D eigenvalue weighted by molar-refractivity contribution is -0.0543. The number of carbonyl (C=O) groups excluding carboxylic acids is 1. The van der Waals surface area contributed by atoms with Crippen LogP contribution in [0.5, 0.6) is 5.75 Å². The van der Waals surface area contributed by atoms with E-state index in [2.05, 4.69) is 34.7 Å². The molecule has 0 saturated carbocycles. The number of fused-ring (bicyclic) bond motifs is 3. The van der Waals surface area contributed by atoms with Crippen LogP contribution in [0, 0.1) is 0 Å². The first-order chi connectivity index (χ1) is 14.5. The molecular formula is C21H24N4O3S2. The third-order valence-electron chi connectivity index (χ3n) is 5.39. The second-order valence-electron chi connectivity index (χ2n) is 7.32. The fraction of sp³-hybridized carbons (Fsp3) is 0.381. The number of benzene rings is 1. The number of hydrazine groups is 1. The van der Waals surface area contributed by atoms with Crippen molar-refractivity contribution in [1.82, 2.24) is 15.4 Å². The van der Waals surface area contributed by atoms with Crippen molar-refractivity contribution in [3.8, 4) is 5.75 Å². The van der Waals surface area contributed by atoms with E-state index in [1.54, 1.807) is 42.7 Å². The summed E-state index contributed by atoms with van der Waals surface area (Å²) in [6.07, 6.45) is 3.65. The Hall–Kier alpha value is -2.36. The molecule has 2 aromatic heterocycles. The van der Waals surface area contributed by atoms with Gasteiger partial charge >= 0.3 is 0 Å². The number of thiophene rings is 1. The van der Waals surface area contributed by atoms with Gasteiger partial charge in [0.05, 0.1) is 24.7 Å². The topological polar surface area (TPSA) is 85.4 Å². The highest BCUT2D eigenvalue weighted by atomic mass is 32.2. The Balaban J connectivity index is 1.65. The molecular weight excluding hydrogens is 420 g/mol. The Morgan fingerprint density at radius 1 is 1.33 bits per heavy atom. The normalized spacial score (nSPS) is 18.1. The van der Waals surface area contributed by atoms with Crippen LogP contribution in [0.2, 0.25) is 0 Å². The Morgan fingerprint density at radius 3 is 2.77 bits per heavy atom. The molecule has 3 heterocycles. The van der Waals surface area contributed by atoms with Gasteiger partial charge in [0.15, 0.2) is 11.0 Å². The molecule has 1 atom stereocenters. The highest BCUT2D eigenvalue weighted by molar-refractivity contribution is 7.98. The van der Waals surface area contributed by atoms with E-state index in [0.717, 1.165) is 23.1 Å². The van der Waals surface area contributed by atoms with Crippen LogP contribution in [-0.2, 0) is 17.8 Å². The summed E-state index contributed by atoms with van der Waals surface area (Å²) in [5, 5.41) is 1.62. The minimum atomic E-state index is -0.249. The fourth-order valence-electron chi connectivity index (χ4n) is 3.39. The zero-order valence-corrected chi connectivity index (χ0v) is 19.0. The predicted octanol–water partition coefficient (Wildman–Crippen LogP) is 4.42. The standard InChI is InChI=1S/C21H24N4O3S2/c1-5-21(2)10-14-15(11-28-21)30-19-16(14)17(22-20(23-19)29-4)24-25-18(26)12-6-8-13(27-3)9-7-12/h6-9H,5,10-11H2,1-4H3,(H,25,26)(H,22,23,24)/t21-/m1/s1. The first-order valence-electron chi connectivity index (χ1n) is 9.67. The van der Waals surface area contributed by atoms with Gasteiger partial charge in [-0.1, -0.05) is 18.7 Å². The van der Waals surface area contributed by atoms with Gasteiger partial charge in [0.25, 0.3) is 5.91 Å². The molecule has 0 bridgehead atoms. The molecule has 0 saturated heterocycles. The van der Waals surface area contributed by atoms with Gasteiger partial charge in [-0.25, -0.2) is 9.97 Å². The van der Waals surface area contributed by atoms with Gasteiger partial charge < -0.3 is 9.47 Å². The summed E-state index contributed by atoms with van der Waals surface area (Å²) in [5.41, 5.74) is 7.34. The van der Waals surface area contributed by atoms with E-state index in [-0.39, 0.29) is 11.5 Å². The average molecular weight is 445 g/mol. The number of anilines is 1. The smallest absolute Gasteiger partial charge is 0.269 e. The molecule has 2 N–H and O–H groups in total. The number of amides is 1. The number of hydrogen-bond donors (Lipinski definition) is 2. The maximum absolute atomic E-state index is 12.6. The van der Waals surface area contributed by atoms with E-state index in [9.17, 15) is 4.79 Å². The molecule has 1 aromatic carbocycles. The van der Waals surface area contributed by atoms with Crippen LogP contribution in [0.15, 0.2) is 29.4 Å².